The number of hydrogen-bond acceptors (Lipinski definition) is 2. The van der Waals surface area contributed by atoms with Gasteiger partial charge in [-0.1, -0.05) is 19.8 Å². The van der Waals surface area contributed by atoms with Crippen LogP contribution in [0.5, 0.6) is 0 Å². The number of likely N-dealkylation sites (tertiary alicyclic amines) is 1. The molecule has 0 spiro atoms. The summed E-state index contributed by atoms with van der Waals surface area (Å²) in [6.07, 6.45) is 7.06. The van der Waals surface area contributed by atoms with Crippen LogP contribution in [0.15, 0.2) is 0 Å². The van der Waals surface area contributed by atoms with Crippen LogP contribution in [0.25, 0.3) is 0 Å². The van der Waals surface area contributed by atoms with Gasteiger partial charge in [0.2, 0.25) is 0 Å². The Morgan fingerprint density at radius 2 is 1.93 bits per heavy atom. The zero-order chi connectivity index (χ0) is 10.8. The molecule has 1 aliphatic heterocycles. The molecule has 3 atom stereocenters. The van der Waals surface area contributed by atoms with Crippen LogP contribution in [-0.2, 0) is 0 Å². The smallest absolute Gasteiger partial charge is 0.0249 e. The normalized spacial score (nSPS) is 36.2. The highest BCUT2D eigenvalue weighted by Gasteiger charge is 2.35. The molecule has 15 heavy (non-hydrogen) atoms. The number of rotatable bonds is 3. The van der Waals surface area contributed by atoms with Crippen molar-refractivity contribution in [2.24, 2.45) is 17.6 Å². The van der Waals surface area contributed by atoms with E-state index >= 15 is 0 Å². The molecule has 0 radical (unpaired) electrons. The fourth-order valence-corrected chi connectivity index (χ4v) is 3.74. The van der Waals surface area contributed by atoms with Crippen molar-refractivity contribution in [2.45, 2.75) is 58.0 Å². The van der Waals surface area contributed by atoms with Gasteiger partial charge in [0.25, 0.3) is 0 Å². The van der Waals surface area contributed by atoms with E-state index in [1.54, 1.807) is 0 Å². The summed E-state index contributed by atoms with van der Waals surface area (Å²) >= 11 is 0. The number of nitrogens with zero attached hydrogens (tertiary/aromatic N) is 1. The lowest BCUT2D eigenvalue weighted by Gasteiger charge is -2.34. The maximum atomic E-state index is 6.00. The zero-order valence-electron chi connectivity index (χ0n) is 10.3. The Morgan fingerprint density at radius 1 is 1.27 bits per heavy atom. The Bertz CT molecular complexity index is 199. The van der Waals surface area contributed by atoms with Gasteiger partial charge in [0.05, 0.1) is 0 Å². The molecule has 3 unspecified atom stereocenters. The molecule has 1 saturated carbocycles. The molecule has 2 fully saturated rings. The summed E-state index contributed by atoms with van der Waals surface area (Å²) in [4.78, 5) is 2.70. The van der Waals surface area contributed by atoms with E-state index < -0.39 is 0 Å². The molecule has 0 bridgehead atoms. The van der Waals surface area contributed by atoms with Crippen LogP contribution in [0.3, 0.4) is 0 Å². The first-order valence-corrected chi connectivity index (χ1v) is 6.68. The monoisotopic (exact) mass is 210 g/mol. The molecule has 2 rings (SSSR count). The van der Waals surface area contributed by atoms with Crippen molar-refractivity contribution in [3.05, 3.63) is 0 Å². The molecular formula is C13H26N2. The SMILES string of the molecule is CC1CC(C)N(C(CN)C2CCCC2)C1. The first kappa shape index (κ1) is 11.4. The van der Waals surface area contributed by atoms with Gasteiger partial charge in [-0.25, -0.2) is 0 Å². The second kappa shape index (κ2) is 4.84. The summed E-state index contributed by atoms with van der Waals surface area (Å²) in [5.74, 6) is 1.76. The highest BCUT2D eigenvalue weighted by molar-refractivity contribution is 4.90. The molecule has 2 N–H and O–H groups in total. The van der Waals surface area contributed by atoms with Crippen LogP contribution in [0.2, 0.25) is 0 Å². The van der Waals surface area contributed by atoms with E-state index in [2.05, 4.69) is 18.7 Å². The van der Waals surface area contributed by atoms with Crippen molar-refractivity contribution in [3.63, 3.8) is 0 Å². The first-order valence-electron chi connectivity index (χ1n) is 6.68. The van der Waals surface area contributed by atoms with E-state index in [9.17, 15) is 0 Å². The maximum absolute atomic E-state index is 6.00. The third-order valence-electron chi connectivity index (χ3n) is 4.44. The third kappa shape index (κ3) is 2.36. The minimum Gasteiger partial charge on any atom is -0.329 e. The van der Waals surface area contributed by atoms with Gasteiger partial charge >= 0.3 is 0 Å². The summed E-state index contributed by atoms with van der Waals surface area (Å²) in [5.41, 5.74) is 6.00. The highest BCUT2D eigenvalue weighted by Crippen LogP contribution is 2.34. The van der Waals surface area contributed by atoms with E-state index in [0.717, 1.165) is 24.4 Å². The van der Waals surface area contributed by atoms with Gasteiger partial charge < -0.3 is 5.73 Å². The van der Waals surface area contributed by atoms with Crippen LogP contribution in [0.1, 0.15) is 46.0 Å². The van der Waals surface area contributed by atoms with Crippen molar-refractivity contribution >= 4 is 0 Å². The highest BCUT2D eigenvalue weighted by atomic mass is 15.2. The van der Waals surface area contributed by atoms with Gasteiger partial charge in [-0.05, 0) is 38.0 Å². The molecule has 0 amide bonds. The Morgan fingerprint density at radius 3 is 2.40 bits per heavy atom. The fourth-order valence-electron chi connectivity index (χ4n) is 3.74. The van der Waals surface area contributed by atoms with Crippen LogP contribution in [0.4, 0.5) is 0 Å². The summed E-state index contributed by atoms with van der Waals surface area (Å²) in [5, 5.41) is 0. The van der Waals surface area contributed by atoms with E-state index in [1.807, 2.05) is 0 Å². The number of hydrogen-bond donors (Lipinski definition) is 1. The summed E-state index contributed by atoms with van der Waals surface area (Å²) in [6, 6.07) is 1.43. The van der Waals surface area contributed by atoms with Crippen molar-refractivity contribution in [2.75, 3.05) is 13.1 Å². The standard InChI is InChI=1S/C13H26N2/c1-10-7-11(2)15(9-10)13(8-14)12-5-3-4-6-12/h10-13H,3-9,14H2,1-2H3. The number of nitrogens with two attached hydrogens (primary N) is 1. The second-order valence-electron chi connectivity index (χ2n) is 5.73. The van der Waals surface area contributed by atoms with Crippen molar-refractivity contribution in [1.29, 1.82) is 0 Å². The molecule has 0 aromatic carbocycles. The minimum atomic E-state index is 0.674. The molecule has 2 nitrogen and oxygen atoms in total. The molecule has 1 heterocycles. The van der Waals surface area contributed by atoms with Gasteiger partial charge in [0.1, 0.15) is 0 Å². The molecular weight excluding hydrogens is 184 g/mol. The Kier molecular flexibility index (Phi) is 3.68. The quantitative estimate of drug-likeness (QED) is 0.774. The van der Waals surface area contributed by atoms with Crippen molar-refractivity contribution in [1.82, 2.24) is 4.90 Å². The largest absolute Gasteiger partial charge is 0.329 e. The Hall–Kier alpha value is -0.0800. The van der Waals surface area contributed by atoms with Crippen LogP contribution < -0.4 is 5.73 Å². The van der Waals surface area contributed by atoms with Crippen LogP contribution in [0, 0.1) is 11.8 Å². The van der Waals surface area contributed by atoms with E-state index in [1.165, 1.54) is 38.6 Å². The zero-order valence-corrected chi connectivity index (χ0v) is 10.3. The molecule has 2 aliphatic rings. The predicted molar refractivity (Wildman–Crippen MR) is 64.7 cm³/mol. The lowest BCUT2D eigenvalue weighted by Crippen LogP contribution is -2.46. The molecule has 0 aromatic rings. The van der Waals surface area contributed by atoms with Crippen molar-refractivity contribution < 1.29 is 0 Å². The van der Waals surface area contributed by atoms with Gasteiger partial charge in [-0.2, -0.15) is 0 Å². The Labute approximate surface area is 94.2 Å². The average Bonchev–Trinajstić information content (AvgIpc) is 2.79. The maximum Gasteiger partial charge on any atom is 0.0249 e. The second-order valence-corrected chi connectivity index (χ2v) is 5.73. The fraction of sp³-hybridized carbons (Fsp3) is 1.00. The summed E-state index contributed by atoms with van der Waals surface area (Å²) in [6.45, 7) is 6.89. The molecule has 1 saturated heterocycles. The summed E-state index contributed by atoms with van der Waals surface area (Å²) in [7, 11) is 0. The molecule has 2 heteroatoms. The Balaban J connectivity index is 1.99. The molecule has 88 valence electrons. The van der Waals surface area contributed by atoms with Gasteiger partial charge in [-0.15, -0.1) is 0 Å². The summed E-state index contributed by atoms with van der Waals surface area (Å²) < 4.78 is 0. The predicted octanol–water partition coefficient (Wildman–Crippen LogP) is 2.23. The van der Waals surface area contributed by atoms with E-state index in [0.29, 0.717) is 6.04 Å². The third-order valence-corrected chi connectivity index (χ3v) is 4.44. The minimum absolute atomic E-state index is 0.674. The van der Waals surface area contributed by atoms with Gasteiger partial charge in [-0.3, -0.25) is 4.90 Å². The first-order chi connectivity index (χ1) is 7.22. The lowest BCUT2D eigenvalue weighted by atomic mass is 9.96. The van der Waals surface area contributed by atoms with Crippen molar-refractivity contribution in [3.8, 4) is 0 Å². The lowest BCUT2D eigenvalue weighted by molar-refractivity contribution is 0.138. The topological polar surface area (TPSA) is 29.3 Å². The van der Waals surface area contributed by atoms with Crippen LogP contribution >= 0.6 is 0 Å². The van der Waals surface area contributed by atoms with E-state index in [4.69, 9.17) is 5.73 Å². The van der Waals surface area contributed by atoms with Gasteiger partial charge in [0.15, 0.2) is 0 Å². The molecule has 0 aromatic heterocycles. The average molecular weight is 210 g/mol. The molecule has 1 aliphatic carbocycles. The van der Waals surface area contributed by atoms with Gasteiger partial charge in [0, 0.05) is 25.2 Å². The van der Waals surface area contributed by atoms with Crippen LogP contribution in [-0.4, -0.2) is 30.1 Å². The van der Waals surface area contributed by atoms with E-state index in [-0.39, 0.29) is 0 Å².